The molecule has 0 radical (unpaired) electrons. The Labute approximate surface area is 129 Å². The topological polar surface area (TPSA) is 58.7 Å². The highest BCUT2D eigenvalue weighted by atomic mass is 16.5. The molecule has 21 heavy (non-hydrogen) atoms. The van der Waals surface area contributed by atoms with Gasteiger partial charge in [0.15, 0.2) is 0 Å². The zero-order valence-electron chi connectivity index (χ0n) is 13.9. The Morgan fingerprint density at radius 3 is 2.38 bits per heavy atom. The molecule has 0 aromatic rings. The Bertz CT molecular complexity index is 390. The highest BCUT2D eigenvalue weighted by molar-refractivity contribution is 5.23. The number of fused-ring (bicyclic) bond motifs is 2. The lowest BCUT2D eigenvalue weighted by Gasteiger charge is -2.59. The summed E-state index contributed by atoms with van der Waals surface area (Å²) < 4.78 is 5.58. The molecular formula is C17H32N2O2. The second-order valence-corrected chi connectivity index (χ2v) is 8.13. The van der Waals surface area contributed by atoms with Crippen molar-refractivity contribution in [2.24, 2.45) is 28.4 Å². The van der Waals surface area contributed by atoms with Crippen LogP contribution in [0.1, 0.15) is 40.0 Å². The van der Waals surface area contributed by atoms with E-state index in [0.29, 0.717) is 12.0 Å². The van der Waals surface area contributed by atoms with Crippen LogP contribution in [0, 0.1) is 22.7 Å². The van der Waals surface area contributed by atoms with Gasteiger partial charge in [0.05, 0.1) is 13.2 Å². The van der Waals surface area contributed by atoms with E-state index in [2.05, 4.69) is 25.7 Å². The van der Waals surface area contributed by atoms with Crippen molar-refractivity contribution in [3.63, 3.8) is 0 Å². The Morgan fingerprint density at radius 2 is 1.95 bits per heavy atom. The molecule has 2 aliphatic carbocycles. The summed E-state index contributed by atoms with van der Waals surface area (Å²) in [5.41, 5.74) is 6.72. The SMILES string of the molecule is CC1(C)[C@H]2CC[C@@]1(C)[C@@]([C@@H](CN)CO)(N1CCOCC1)C2. The molecule has 1 heterocycles. The molecule has 4 heteroatoms. The Morgan fingerprint density at radius 1 is 1.29 bits per heavy atom. The summed E-state index contributed by atoms with van der Waals surface area (Å²) in [7, 11) is 0. The summed E-state index contributed by atoms with van der Waals surface area (Å²) in [6.45, 7) is 11.7. The predicted octanol–water partition coefficient (Wildman–Crippen LogP) is 1.47. The minimum atomic E-state index is 0.0483. The lowest BCUT2D eigenvalue weighted by molar-refractivity contribution is -0.125. The van der Waals surface area contributed by atoms with Gasteiger partial charge in [0.25, 0.3) is 0 Å². The summed E-state index contributed by atoms with van der Waals surface area (Å²) in [5.74, 6) is 0.927. The summed E-state index contributed by atoms with van der Waals surface area (Å²) in [5, 5.41) is 10.1. The van der Waals surface area contributed by atoms with E-state index < -0.39 is 0 Å². The first kappa shape index (κ1) is 15.7. The average Bonchev–Trinajstić information content (AvgIpc) is 2.81. The molecule has 0 aromatic heterocycles. The van der Waals surface area contributed by atoms with Crippen molar-refractivity contribution in [3.05, 3.63) is 0 Å². The van der Waals surface area contributed by atoms with Crippen LogP contribution >= 0.6 is 0 Å². The minimum absolute atomic E-state index is 0.0483. The van der Waals surface area contributed by atoms with E-state index in [1.54, 1.807) is 0 Å². The number of ether oxygens (including phenoxy) is 1. The molecule has 1 saturated heterocycles. The molecule has 2 bridgehead atoms. The summed E-state index contributed by atoms with van der Waals surface area (Å²) >= 11 is 0. The van der Waals surface area contributed by atoms with E-state index in [9.17, 15) is 5.11 Å². The molecule has 3 fully saturated rings. The van der Waals surface area contributed by atoms with Gasteiger partial charge >= 0.3 is 0 Å². The number of hydrogen-bond acceptors (Lipinski definition) is 4. The van der Waals surface area contributed by atoms with Crippen LogP contribution in [0.15, 0.2) is 0 Å². The number of nitrogens with zero attached hydrogens (tertiary/aromatic N) is 1. The van der Waals surface area contributed by atoms with Crippen molar-refractivity contribution in [2.75, 3.05) is 39.5 Å². The molecule has 1 aliphatic heterocycles. The minimum Gasteiger partial charge on any atom is -0.396 e. The van der Waals surface area contributed by atoms with E-state index in [0.717, 1.165) is 32.2 Å². The maximum absolute atomic E-state index is 10.1. The van der Waals surface area contributed by atoms with Crippen molar-refractivity contribution in [1.82, 2.24) is 4.90 Å². The average molecular weight is 296 g/mol. The Kier molecular flexibility index (Phi) is 3.89. The van der Waals surface area contributed by atoms with Gasteiger partial charge in [-0.15, -0.1) is 0 Å². The maximum atomic E-state index is 10.1. The molecule has 122 valence electrons. The van der Waals surface area contributed by atoms with Crippen LogP contribution in [0.25, 0.3) is 0 Å². The third kappa shape index (κ3) is 1.82. The van der Waals surface area contributed by atoms with Crippen molar-refractivity contribution < 1.29 is 9.84 Å². The molecule has 3 aliphatic rings. The monoisotopic (exact) mass is 296 g/mol. The second-order valence-electron chi connectivity index (χ2n) is 8.13. The van der Waals surface area contributed by atoms with Gasteiger partial charge < -0.3 is 15.6 Å². The van der Waals surface area contributed by atoms with Crippen molar-refractivity contribution in [1.29, 1.82) is 0 Å². The molecule has 2 saturated carbocycles. The fourth-order valence-corrected chi connectivity index (χ4v) is 6.07. The number of aliphatic hydroxyl groups is 1. The highest BCUT2D eigenvalue weighted by Crippen LogP contribution is 2.72. The first-order valence-electron chi connectivity index (χ1n) is 8.58. The largest absolute Gasteiger partial charge is 0.396 e. The molecule has 0 spiro atoms. The van der Waals surface area contributed by atoms with E-state index in [4.69, 9.17) is 10.5 Å². The first-order valence-corrected chi connectivity index (χ1v) is 8.58. The third-order valence-electron chi connectivity index (χ3n) is 7.70. The van der Waals surface area contributed by atoms with Crippen LogP contribution in [0.2, 0.25) is 0 Å². The zero-order chi connectivity index (χ0) is 15.3. The maximum Gasteiger partial charge on any atom is 0.0594 e. The Hall–Kier alpha value is -0.160. The van der Waals surface area contributed by atoms with Gasteiger partial charge in [0, 0.05) is 31.2 Å². The molecule has 3 rings (SSSR count). The van der Waals surface area contributed by atoms with Crippen LogP contribution in [-0.2, 0) is 4.74 Å². The van der Waals surface area contributed by atoms with Gasteiger partial charge in [-0.25, -0.2) is 0 Å². The number of morpholine rings is 1. The predicted molar refractivity (Wildman–Crippen MR) is 84.0 cm³/mol. The number of nitrogens with two attached hydrogens (primary N) is 1. The molecule has 0 amide bonds. The number of rotatable bonds is 4. The quantitative estimate of drug-likeness (QED) is 0.825. The lowest BCUT2D eigenvalue weighted by Crippen LogP contribution is -2.67. The molecule has 4 atom stereocenters. The summed E-state index contributed by atoms with van der Waals surface area (Å²) in [6, 6.07) is 0. The zero-order valence-corrected chi connectivity index (χ0v) is 13.9. The van der Waals surface area contributed by atoms with Crippen LogP contribution in [0.4, 0.5) is 0 Å². The summed E-state index contributed by atoms with van der Waals surface area (Å²) in [4.78, 5) is 2.63. The van der Waals surface area contributed by atoms with E-state index in [-0.39, 0.29) is 23.5 Å². The number of aliphatic hydroxyl groups excluding tert-OH is 1. The van der Waals surface area contributed by atoms with E-state index in [1.165, 1.54) is 19.3 Å². The summed E-state index contributed by atoms with van der Waals surface area (Å²) in [6.07, 6.45) is 3.79. The van der Waals surface area contributed by atoms with Crippen molar-refractivity contribution >= 4 is 0 Å². The molecule has 0 aromatic carbocycles. The smallest absolute Gasteiger partial charge is 0.0594 e. The van der Waals surface area contributed by atoms with Gasteiger partial charge in [0.1, 0.15) is 0 Å². The lowest BCUT2D eigenvalue weighted by atomic mass is 9.57. The normalized spacial score (nSPS) is 44.1. The molecule has 0 unspecified atom stereocenters. The van der Waals surface area contributed by atoms with Crippen LogP contribution in [0.5, 0.6) is 0 Å². The fraction of sp³-hybridized carbons (Fsp3) is 1.00. The van der Waals surface area contributed by atoms with Crippen LogP contribution in [-0.4, -0.2) is 55.0 Å². The highest BCUT2D eigenvalue weighted by Gasteiger charge is 2.71. The van der Waals surface area contributed by atoms with Gasteiger partial charge in [-0.05, 0) is 42.6 Å². The van der Waals surface area contributed by atoms with E-state index >= 15 is 0 Å². The fourth-order valence-electron chi connectivity index (χ4n) is 6.07. The molecular weight excluding hydrogens is 264 g/mol. The van der Waals surface area contributed by atoms with Crippen molar-refractivity contribution in [2.45, 2.75) is 45.6 Å². The van der Waals surface area contributed by atoms with Gasteiger partial charge in [-0.1, -0.05) is 20.8 Å². The van der Waals surface area contributed by atoms with Crippen LogP contribution in [0.3, 0.4) is 0 Å². The van der Waals surface area contributed by atoms with Gasteiger partial charge in [-0.3, -0.25) is 4.90 Å². The van der Waals surface area contributed by atoms with Gasteiger partial charge in [-0.2, -0.15) is 0 Å². The molecule has 3 N–H and O–H groups in total. The molecule has 4 nitrogen and oxygen atoms in total. The van der Waals surface area contributed by atoms with Gasteiger partial charge in [0.2, 0.25) is 0 Å². The van der Waals surface area contributed by atoms with E-state index in [1.807, 2.05) is 0 Å². The van der Waals surface area contributed by atoms with Crippen LogP contribution < -0.4 is 5.73 Å². The number of hydrogen-bond donors (Lipinski definition) is 2. The standard InChI is InChI=1S/C17H32N2O2/c1-15(2)13-4-5-16(15,3)17(10-13,14(11-18)12-20)19-6-8-21-9-7-19/h13-14,20H,4-12,18H2,1-3H3/t13-,14-,16+,17+/m0/s1. The second kappa shape index (κ2) is 5.19. The third-order valence-corrected chi connectivity index (χ3v) is 7.70. The first-order chi connectivity index (χ1) is 9.94. The Balaban J connectivity index is 2.06. The van der Waals surface area contributed by atoms with Crippen molar-refractivity contribution in [3.8, 4) is 0 Å².